The Balaban J connectivity index is 2.01. The highest BCUT2D eigenvalue weighted by Crippen LogP contribution is 2.27. The lowest BCUT2D eigenvalue weighted by molar-refractivity contribution is 0.368. The maximum Gasteiger partial charge on any atom is 0.127 e. The van der Waals surface area contributed by atoms with Gasteiger partial charge in [0.05, 0.1) is 0 Å². The van der Waals surface area contributed by atoms with Crippen LogP contribution in [-0.4, -0.2) is 12.6 Å². The number of benzene rings is 1. The van der Waals surface area contributed by atoms with Crippen molar-refractivity contribution in [2.75, 3.05) is 6.54 Å². The van der Waals surface area contributed by atoms with Crippen LogP contribution in [0.5, 0.6) is 0 Å². The third-order valence-electron chi connectivity index (χ3n) is 3.80. The first-order chi connectivity index (χ1) is 8.22. The van der Waals surface area contributed by atoms with E-state index in [1.807, 2.05) is 19.1 Å². The zero-order valence-corrected chi connectivity index (χ0v) is 10.3. The van der Waals surface area contributed by atoms with Crippen LogP contribution in [0.15, 0.2) is 24.3 Å². The van der Waals surface area contributed by atoms with Gasteiger partial charge in [0.25, 0.3) is 0 Å². The summed E-state index contributed by atoms with van der Waals surface area (Å²) in [4.78, 5) is 0. The zero-order chi connectivity index (χ0) is 12.3. The number of rotatable bonds is 4. The first-order valence-corrected chi connectivity index (χ1v) is 6.43. The van der Waals surface area contributed by atoms with E-state index in [4.69, 9.17) is 5.73 Å². The Hall–Kier alpha value is -0.930. The van der Waals surface area contributed by atoms with Crippen LogP contribution in [0.25, 0.3) is 0 Å². The standard InChI is InChI=1S/C14H21FN2/c1-10(12-6-2-3-7-13(12)15)17-14-8-4-5-11(14)9-16/h2-3,6-7,10-11,14,17H,4-5,8-9,16H2,1H3/t10-,11?,14?/m1/s1. The second-order valence-electron chi connectivity index (χ2n) is 4.94. The Morgan fingerprint density at radius 2 is 2.18 bits per heavy atom. The molecule has 1 saturated carbocycles. The Labute approximate surface area is 102 Å². The molecule has 0 radical (unpaired) electrons. The molecule has 3 atom stereocenters. The van der Waals surface area contributed by atoms with E-state index >= 15 is 0 Å². The average Bonchev–Trinajstić information content (AvgIpc) is 2.76. The number of nitrogens with one attached hydrogen (secondary N) is 1. The van der Waals surface area contributed by atoms with Gasteiger partial charge in [-0.1, -0.05) is 24.6 Å². The number of halogens is 1. The molecule has 0 heterocycles. The highest BCUT2D eigenvalue weighted by atomic mass is 19.1. The predicted octanol–water partition coefficient (Wildman–Crippen LogP) is 2.60. The molecule has 3 heteroatoms. The molecule has 3 N–H and O–H groups in total. The molecule has 0 bridgehead atoms. The molecular formula is C14H21FN2. The molecule has 0 amide bonds. The van der Waals surface area contributed by atoms with Crippen LogP contribution in [0.2, 0.25) is 0 Å². The summed E-state index contributed by atoms with van der Waals surface area (Å²) in [5.74, 6) is 0.416. The molecule has 0 saturated heterocycles. The van der Waals surface area contributed by atoms with Crippen molar-refractivity contribution in [2.24, 2.45) is 11.7 Å². The van der Waals surface area contributed by atoms with Gasteiger partial charge in [-0.3, -0.25) is 0 Å². The van der Waals surface area contributed by atoms with Gasteiger partial charge in [-0.05, 0) is 38.3 Å². The van der Waals surface area contributed by atoms with E-state index in [2.05, 4.69) is 5.32 Å². The predicted molar refractivity (Wildman–Crippen MR) is 68.1 cm³/mol. The maximum absolute atomic E-state index is 13.6. The highest BCUT2D eigenvalue weighted by molar-refractivity contribution is 5.20. The third kappa shape index (κ3) is 2.85. The van der Waals surface area contributed by atoms with Gasteiger partial charge in [0.15, 0.2) is 0 Å². The Morgan fingerprint density at radius 3 is 2.88 bits per heavy atom. The topological polar surface area (TPSA) is 38.0 Å². The monoisotopic (exact) mass is 236 g/mol. The molecule has 0 spiro atoms. The van der Waals surface area contributed by atoms with E-state index in [0.717, 1.165) is 18.5 Å². The molecule has 1 aromatic carbocycles. The minimum Gasteiger partial charge on any atom is -0.330 e. The summed E-state index contributed by atoms with van der Waals surface area (Å²) < 4.78 is 13.6. The van der Waals surface area contributed by atoms with E-state index < -0.39 is 0 Å². The smallest absolute Gasteiger partial charge is 0.127 e. The molecule has 2 rings (SSSR count). The normalized spacial score (nSPS) is 26.1. The highest BCUT2D eigenvalue weighted by Gasteiger charge is 2.27. The van der Waals surface area contributed by atoms with Crippen LogP contribution in [0.4, 0.5) is 4.39 Å². The van der Waals surface area contributed by atoms with Crippen molar-refractivity contribution in [1.29, 1.82) is 0 Å². The first kappa shape index (κ1) is 12.5. The van der Waals surface area contributed by atoms with Crippen LogP contribution in [0.3, 0.4) is 0 Å². The Morgan fingerprint density at radius 1 is 1.41 bits per heavy atom. The molecule has 1 aliphatic rings. The summed E-state index contributed by atoms with van der Waals surface area (Å²) in [6.45, 7) is 2.74. The van der Waals surface area contributed by atoms with Crippen molar-refractivity contribution < 1.29 is 4.39 Å². The van der Waals surface area contributed by atoms with Crippen LogP contribution < -0.4 is 11.1 Å². The molecule has 94 valence electrons. The van der Waals surface area contributed by atoms with Gasteiger partial charge < -0.3 is 11.1 Å². The fraction of sp³-hybridized carbons (Fsp3) is 0.571. The van der Waals surface area contributed by atoms with E-state index in [1.165, 1.54) is 18.9 Å². The molecule has 17 heavy (non-hydrogen) atoms. The second-order valence-corrected chi connectivity index (χ2v) is 4.94. The van der Waals surface area contributed by atoms with Crippen molar-refractivity contribution in [3.05, 3.63) is 35.6 Å². The van der Waals surface area contributed by atoms with Gasteiger partial charge in [0, 0.05) is 17.6 Å². The lowest BCUT2D eigenvalue weighted by atomic mass is 10.0. The Kier molecular flexibility index (Phi) is 4.13. The first-order valence-electron chi connectivity index (χ1n) is 6.43. The van der Waals surface area contributed by atoms with Crippen molar-refractivity contribution in [3.63, 3.8) is 0 Å². The zero-order valence-electron chi connectivity index (χ0n) is 10.3. The van der Waals surface area contributed by atoms with Crippen molar-refractivity contribution in [1.82, 2.24) is 5.32 Å². The van der Waals surface area contributed by atoms with Crippen LogP contribution in [0, 0.1) is 11.7 Å². The summed E-state index contributed by atoms with van der Waals surface area (Å²) >= 11 is 0. The number of hydrogen-bond acceptors (Lipinski definition) is 2. The molecule has 1 fully saturated rings. The van der Waals surface area contributed by atoms with Crippen molar-refractivity contribution in [3.8, 4) is 0 Å². The maximum atomic E-state index is 13.6. The van der Waals surface area contributed by atoms with E-state index in [9.17, 15) is 4.39 Å². The van der Waals surface area contributed by atoms with Crippen LogP contribution >= 0.6 is 0 Å². The molecule has 1 aliphatic carbocycles. The van der Waals surface area contributed by atoms with Gasteiger partial charge >= 0.3 is 0 Å². The van der Waals surface area contributed by atoms with Crippen LogP contribution in [0.1, 0.15) is 37.8 Å². The molecule has 0 aromatic heterocycles. The molecule has 0 aliphatic heterocycles. The van der Waals surface area contributed by atoms with Gasteiger partial charge in [-0.15, -0.1) is 0 Å². The summed E-state index contributed by atoms with van der Waals surface area (Å²) in [6.07, 6.45) is 3.57. The fourth-order valence-corrected chi connectivity index (χ4v) is 2.78. The summed E-state index contributed by atoms with van der Waals surface area (Å²) in [5.41, 5.74) is 6.50. The van der Waals surface area contributed by atoms with E-state index in [1.54, 1.807) is 6.07 Å². The van der Waals surface area contributed by atoms with Gasteiger partial charge in [0.1, 0.15) is 5.82 Å². The lowest BCUT2D eigenvalue weighted by Gasteiger charge is -2.24. The van der Waals surface area contributed by atoms with Gasteiger partial charge in [0.2, 0.25) is 0 Å². The van der Waals surface area contributed by atoms with E-state index in [-0.39, 0.29) is 11.9 Å². The number of nitrogens with two attached hydrogens (primary N) is 1. The minimum absolute atomic E-state index is 0.0494. The largest absolute Gasteiger partial charge is 0.330 e. The molecular weight excluding hydrogens is 215 g/mol. The lowest BCUT2D eigenvalue weighted by Crippen LogP contribution is -2.37. The molecule has 1 aromatic rings. The van der Waals surface area contributed by atoms with Gasteiger partial charge in [-0.2, -0.15) is 0 Å². The minimum atomic E-state index is -0.130. The summed E-state index contributed by atoms with van der Waals surface area (Å²) in [5, 5.41) is 3.52. The number of hydrogen-bond donors (Lipinski definition) is 2. The van der Waals surface area contributed by atoms with Crippen molar-refractivity contribution >= 4 is 0 Å². The van der Waals surface area contributed by atoms with Crippen molar-refractivity contribution in [2.45, 2.75) is 38.3 Å². The third-order valence-corrected chi connectivity index (χ3v) is 3.80. The van der Waals surface area contributed by atoms with Crippen LogP contribution in [-0.2, 0) is 0 Å². The second kappa shape index (κ2) is 5.61. The summed E-state index contributed by atoms with van der Waals surface area (Å²) in [6, 6.07) is 7.46. The van der Waals surface area contributed by atoms with Gasteiger partial charge in [-0.25, -0.2) is 4.39 Å². The SMILES string of the molecule is C[C@@H](NC1CCCC1CN)c1ccccc1F. The molecule has 2 unspecified atom stereocenters. The Bertz CT molecular complexity index is 367. The average molecular weight is 236 g/mol. The van der Waals surface area contributed by atoms with E-state index in [0.29, 0.717) is 12.0 Å². The summed E-state index contributed by atoms with van der Waals surface area (Å²) in [7, 11) is 0. The quantitative estimate of drug-likeness (QED) is 0.843. The fourth-order valence-electron chi connectivity index (χ4n) is 2.78. The molecule has 2 nitrogen and oxygen atoms in total.